The van der Waals surface area contributed by atoms with Crippen LogP contribution in [0.25, 0.3) is 0 Å². The maximum atomic E-state index is 14.1. The molecule has 3 aromatic carbocycles. The highest BCUT2D eigenvalue weighted by Crippen LogP contribution is 2.30. The second kappa shape index (κ2) is 13.8. The minimum Gasteiger partial charge on any atom is -0.354 e. The van der Waals surface area contributed by atoms with Crippen molar-refractivity contribution < 1.29 is 18.0 Å². The van der Waals surface area contributed by atoms with Gasteiger partial charge in [-0.3, -0.25) is 13.9 Å². The van der Waals surface area contributed by atoms with Crippen molar-refractivity contribution in [1.29, 1.82) is 0 Å². The van der Waals surface area contributed by atoms with E-state index in [1.54, 1.807) is 37.3 Å². The summed E-state index contributed by atoms with van der Waals surface area (Å²) in [5.41, 5.74) is 3.77. The average Bonchev–Trinajstić information content (AvgIpc) is 2.93. The summed E-state index contributed by atoms with van der Waals surface area (Å²) in [6.07, 6.45) is 1.12. The largest absolute Gasteiger partial charge is 0.354 e. The summed E-state index contributed by atoms with van der Waals surface area (Å²) in [5, 5.41) is 3.24. The molecule has 40 heavy (non-hydrogen) atoms. The van der Waals surface area contributed by atoms with Crippen molar-refractivity contribution in [3.05, 3.63) is 94.0 Å². The van der Waals surface area contributed by atoms with Crippen LogP contribution in [0.1, 0.15) is 48.9 Å². The molecule has 3 aromatic rings. The van der Waals surface area contributed by atoms with Gasteiger partial charge in [0.25, 0.3) is 10.0 Å². The molecule has 0 aliphatic carbocycles. The molecule has 0 fully saturated rings. The number of aryl methyl sites for hydroxylation is 3. The number of nitrogens with one attached hydrogen (secondary N) is 1. The fraction of sp³-hybridized carbons (Fsp3) is 0.355. The van der Waals surface area contributed by atoms with E-state index in [0.29, 0.717) is 29.2 Å². The fourth-order valence-electron chi connectivity index (χ4n) is 4.38. The number of hydrogen-bond donors (Lipinski definition) is 1. The van der Waals surface area contributed by atoms with E-state index < -0.39 is 28.5 Å². The summed E-state index contributed by atoms with van der Waals surface area (Å²) in [4.78, 5) is 28.8. The zero-order chi connectivity index (χ0) is 29.4. The number of hydrogen-bond acceptors (Lipinski definition) is 4. The molecular formula is C31H38ClN3O4S. The van der Waals surface area contributed by atoms with Crippen LogP contribution >= 0.6 is 11.6 Å². The van der Waals surface area contributed by atoms with Gasteiger partial charge in [0.15, 0.2) is 0 Å². The first-order valence-corrected chi connectivity index (χ1v) is 15.3. The van der Waals surface area contributed by atoms with Gasteiger partial charge in [-0.15, -0.1) is 0 Å². The lowest BCUT2D eigenvalue weighted by Gasteiger charge is -2.33. The second-order valence-electron chi connectivity index (χ2n) is 9.98. The van der Waals surface area contributed by atoms with Crippen molar-refractivity contribution in [3.8, 4) is 0 Å². The Morgan fingerprint density at radius 3 is 2.08 bits per heavy atom. The van der Waals surface area contributed by atoms with Gasteiger partial charge < -0.3 is 10.2 Å². The number of carbonyl (C=O) groups excluding carboxylic acids is 2. The highest BCUT2D eigenvalue weighted by molar-refractivity contribution is 7.92. The van der Waals surface area contributed by atoms with Gasteiger partial charge in [-0.25, -0.2) is 8.42 Å². The molecule has 0 aromatic heterocycles. The lowest BCUT2D eigenvalue weighted by molar-refractivity contribution is -0.140. The normalized spacial score (nSPS) is 12.1. The van der Waals surface area contributed by atoms with E-state index in [4.69, 9.17) is 11.6 Å². The lowest BCUT2D eigenvalue weighted by atomic mass is 10.1. The predicted molar refractivity (Wildman–Crippen MR) is 161 cm³/mol. The molecule has 7 nitrogen and oxygen atoms in total. The molecule has 1 N–H and O–H groups in total. The quantitative estimate of drug-likeness (QED) is 0.292. The van der Waals surface area contributed by atoms with Gasteiger partial charge in [0.05, 0.1) is 10.6 Å². The first-order chi connectivity index (χ1) is 19.0. The standard InChI is InChI=1S/C31H38ClN3O4S/c1-6-18-33-31(37)28(7-2)34(20-25-13-8-22(3)9-14-25)30(36)21-35(29-19-26(32)15-12-24(29)5)40(38,39)27-16-10-23(4)11-17-27/h8-17,19,28H,6-7,18,20-21H2,1-5H3,(H,33,37)/t28-/m1/s1. The van der Waals surface area contributed by atoms with Crippen LogP contribution in [0.5, 0.6) is 0 Å². The van der Waals surface area contributed by atoms with Crippen molar-refractivity contribution in [3.63, 3.8) is 0 Å². The SMILES string of the molecule is CCCNC(=O)[C@@H](CC)N(Cc1ccc(C)cc1)C(=O)CN(c1cc(Cl)ccc1C)S(=O)(=O)c1ccc(C)cc1. The summed E-state index contributed by atoms with van der Waals surface area (Å²) in [6.45, 7) is 9.55. The van der Waals surface area contributed by atoms with E-state index in [0.717, 1.165) is 27.4 Å². The van der Waals surface area contributed by atoms with Crippen LogP contribution in [0.4, 0.5) is 5.69 Å². The zero-order valence-electron chi connectivity index (χ0n) is 23.8. The van der Waals surface area contributed by atoms with Gasteiger partial charge >= 0.3 is 0 Å². The van der Waals surface area contributed by atoms with Crippen LogP contribution in [-0.4, -0.2) is 44.3 Å². The molecule has 3 rings (SSSR count). The maximum Gasteiger partial charge on any atom is 0.264 e. The molecule has 2 amide bonds. The molecule has 0 aliphatic rings. The number of rotatable bonds is 12. The number of benzene rings is 3. The number of anilines is 1. The Morgan fingerprint density at radius 2 is 1.50 bits per heavy atom. The predicted octanol–water partition coefficient (Wildman–Crippen LogP) is 5.79. The molecule has 0 radical (unpaired) electrons. The molecule has 0 saturated heterocycles. The Bertz CT molecular complexity index is 1420. The Hall–Kier alpha value is -3.36. The van der Waals surface area contributed by atoms with Crippen molar-refractivity contribution in [1.82, 2.24) is 10.2 Å². The third kappa shape index (κ3) is 7.64. The number of sulfonamides is 1. The first-order valence-electron chi connectivity index (χ1n) is 13.5. The van der Waals surface area contributed by atoms with E-state index in [9.17, 15) is 18.0 Å². The summed E-state index contributed by atoms with van der Waals surface area (Å²) >= 11 is 6.29. The molecular weight excluding hydrogens is 546 g/mol. The maximum absolute atomic E-state index is 14.1. The van der Waals surface area contributed by atoms with E-state index in [1.807, 2.05) is 52.0 Å². The molecule has 0 bridgehead atoms. The molecule has 1 atom stereocenters. The van der Waals surface area contributed by atoms with Gasteiger partial charge in [-0.05, 0) is 69.0 Å². The Balaban J connectivity index is 2.09. The summed E-state index contributed by atoms with van der Waals surface area (Å²) < 4.78 is 29.1. The molecule has 0 aliphatic heterocycles. The third-order valence-electron chi connectivity index (χ3n) is 6.74. The molecule has 0 spiro atoms. The topological polar surface area (TPSA) is 86.8 Å². The van der Waals surface area contributed by atoms with Crippen LogP contribution in [0, 0.1) is 20.8 Å². The minimum absolute atomic E-state index is 0.0584. The monoisotopic (exact) mass is 583 g/mol. The van der Waals surface area contributed by atoms with Crippen LogP contribution in [0.2, 0.25) is 5.02 Å². The molecule has 9 heteroatoms. The van der Waals surface area contributed by atoms with E-state index in [-0.39, 0.29) is 17.3 Å². The summed E-state index contributed by atoms with van der Waals surface area (Å²) in [5.74, 6) is -0.758. The Kier molecular flexibility index (Phi) is 10.8. The lowest BCUT2D eigenvalue weighted by Crippen LogP contribution is -2.52. The summed E-state index contributed by atoms with van der Waals surface area (Å²) in [7, 11) is -4.16. The van der Waals surface area contributed by atoms with Crippen molar-refractivity contribution in [2.75, 3.05) is 17.4 Å². The smallest absolute Gasteiger partial charge is 0.264 e. The van der Waals surface area contributed by atoms with Crippen LogP contribution < -0.4 is 9.62 Å². The Morgan fingerprint density at radius 1 is 0.900 bits per heavy atom. The molecule has 0 unspecified atom stereocenters. The van der Waals surface area contributed by atoms with Crippen molar-refractivity contribution in [2.24, 2.45) is 0 Å². The Labute approximate surface area is 243 Å². The number of carbonyl (C=O) groups is 2. The molecule has 0 saturated carbocycles. The van der Waals surface area contributed by atoms with E-state index in [2.05, 4.69) is 5.32 Å². The van der Waals surface area contributed by atoms with Gasteiger partial charge in [0.1, 0.15) is 12.6 Å². The highest BCUT2D eigenvalue weighted by atomic mass is 35.5. The number of nitrogens with zero attached hydrogens (tertiary/aromatic N) is 2. The van der Waals surface area contributed by atoms with Gasteiger partial charge in [-0.2, -0.15) is 0 Å². The highest BCUT2D eigenvalue weighted by Gasteiger charge is 2.34. The average molecular weight is 584 g/mol. The van der Waals surface area contributed by atoms with Crippen LogP contribution in [-0.2, 0) is 26.2 Å². The van der Waals surface area contributed by atoms with Gasteiger partial charge in [0.2, 0.25) is 11.8 Å². The summed E-state index contributed by atoms with van der Waals surface area (Å²) in [6, 6.07) is 18.4. The number of amides is 2. The third-order valence-corrected chi connectivity index (χ3v) is 8.75. The zero-order valence-corrected chi connectivity index (χ0v) is 25.3. The van der Waals surface area contributed by atoms with E-state index in [1.165, 1.54) is 17.0 Å². The van der Waals surface area contributed by atoms with Crippen LogP contribution in [0.3, 0.4) is 0 Å². The second-order valence-corrected chi connectivity index (χ2v) is 12.3. The molecule has 0 heterocycles. The van der Waals surface area contributed by atoms with Crippen molar-refractivity contribution in [2.45, 2.75) is 64.9 Å². The fourth-order valence-corrected chi connectivity index (χ4v) is 6.01. The van der Waals surface area contributed by atoms with Gasteiger partial charge in [0, 0.05) is 18.1 Å². The van der Waals surface area contributed by atoms with Gasteiger partial charge in [-0.1, -0.05) is 79.0 Å². The van der Waals surface area contributed by atoms with E-state index >= 15 is 0 Å². The first kappa shape index (κ1) is 31.2. The van der Waals surface area contributed by atoms with Crippen LogP contribution in [0.15, 0.2) is 71.6 Å². The molecule has 214 valence electrons. The minimum atomic E-state index is -4.16. The van der Waals surface area contributed by atoms with Crippen molar-refractivity contribution >= 4 is 39.1 Å². The number of halogens is 1.